The zero-order chi connectivity index (χ0) is 18.1. The molecule has 142 valence electrons. The molecule has 1 aromatic rings. The molecular formula is C19H34N4OS. The number of hydrogen-bond acceptors (Lipinski definition) is 4. The van der Waals surface area contributed by atoms with E-state index < -0.39 is 0 Å². The third kappa shape index (κ3) is 6.26. The van der Waals surface area contributed by atoms with E-state index >= 15 is 0 Å². The second-order valence-corrected chi connectivity index (χ2v) is 8.23. The first-order valence-electron chi connectivity index (χ1n) is 9.61. The van der Waals surface area contributed by atoms with Crippen LogP contribution in [0.1, 0.15) is 61.5 Å². The van der Waals surface area contributed by atoms with Crippen LogP contribution in [-0.2, 0) is 11.3 Å². The number of aliphatic imine (C=N–C) groups is 1. The zero-order valence-electron chi connectivity index (χ0n) is 16.3. The average Bonchev–Trinajstić information content (AvgIpc) is 3.17. The van der Waals surface area contributed by atoms with Crippen molar-refractivity contribution in [2.75, 3.05) is 26.3 Å². The fourth-order valence-corrected chi connectivity index (χ4v) is 4.42. The van der Waals surface area contributed by atoms with Gasteiger partial charge in [-0.3, -0.25) is 0 Å². The number of hydrogen-bond donors (Lipinski definition) is 2. The third-order valence-electron chi connectivity index (χ3n) is 5.00. The first-order valence-corrected chi connectivity index (χ1v) is 10.4. The highest BCUT2D eigenvalue weighted by Crippen LogP contribution is 2.40. The van der Waals surface area contributed by atoms with Gasteiger partial charge in [-0.15, -0.1) is 11.3 Å². The maximum Gasteiger partial charge on any atom is 0.191 e. The molecule has 2 N–H and O–H groups in total. The van der Waals surface area contributed by atoms with Crippen LogP contribution < -0.4 is 10.6 Å². The van der Waals surface area contributed by atoms with Gasteiger partial charge in [0.25, 0.3) is 0 Å². The van der Waals surface area contributed by atoms with Crippen LogP contribution >= 0.6 is 11.3 Å². The Kier molecular flexibility index (Phi) is 8.16. The molecule has 0 spiro atoms. The van der Waals surface area contributed by atoms with E-state index in [2.05, 4.69) is 43.3 Å². The minimum atomic E-state index is 0.363. The van der Waals surface area contributed by atoms with E-state index in [1.807, 2.05) is 0 Å². The van der Waals surface area contributed by atoms with Crippen LogP contribution in [0.5, 0.6) is 0 Å². The van der Waals surface area contributed by atoms with Crippen LogP contribution in [0.25, 0.3) is 0 Å². The van der Waals surface area contributed by atoms with Gasteiger partial charge in [-0.05, 0) is 52.4 Å². The van der Waals surface area contributed by atoms with Crippen LogP contribution in [0.2, 0.25) is 0 Å². The molecule has 0 bridgehead atoms. The molecule has 25 heavy (non-hydrogen) atoms. The fraction of sp³-hybridized carbons (Fsp3) is 0.789. The van der Waals surface area contributed by atoms with Gasteiger partial charge in [0.2, 0.25) is 0 Å². The molecular weight excluding hydrogens is 332 g/mol. The van der Waals surface area contributed by atoms with Gasteiger partial charge in [0.05, 0.1) is 17.2 Å². The molecule has 0 amide bonds. The van der Waals surface area contributed by atoms with Crippen LogP contribution in [0.3, 0.4) is 0 Å². The second-order valence-electron chi connectivity index (χ2n) is 6.94. The van der Waals surface area contributed by atoms with Gasteiger partial charge >= 0.3 is 0 Å². The van der Waals surface area contributed by atoms with Gasteiger partial charge in [-0.25, -0.2) is 9.98 Å². The zero-order valence-corrected chi connectivity index (χ0v) is 17.1. The van der Waals surface area contributed by atoms with E-state index in [0.29, 0.717) is 12.0 Å². The lowest BCUT2D eigenvalue weighted by atomic mass is 9.83. The molecule has 1 saturated carbocycles. The Morgan fingerprint density at radius 3 is 2.60 bits per heavy atom. The van der Waals surface area contributed by atoms with Gasteiger partial charge in [0.1, 0.15) is 0 Å². The standard InChI is InChI=1S/C19H34N4OS/c1-5-20-18(21-13-17-15(3)23-16(4)25-17)22-14-19(9-7-8-10-19)11-12-24-6-2/h5-14H2,1-4H3,(H2,20,21,22). The van der Waals surface area contributed by atoms with Gasteiger partial charge < -0.3 is 15.4 Å². The van der Waals surface area contributed by atoms with Gasteiger partial charge in [-0.2, -0.15) is 0 Å². The monoisotopic (exact) mass is 366 g/mol. The number of aromatic nitrogens is 1. The summed E-state index contributed by atoms with van der Waals surface area (Å²) in [5.41, 5.74) is 1.47. The predicted molar refractivity (Wildman–Crippen MR) is 106 cm³/mol. The maximum atomic E-state index is 5.62. The molecule has 0 atom stereocenters. The molecule has 2 rings (SSSR count). The SMILES string of the molecule is CCNC(=NCc1sc(C)nc1C)NCC1(CCOCC)CCCC1. The summed E-state index contributed by atoms with van der Waals surface area (Å²) in [5.74, 6) is 0.913. The summed E-state index contributed by atoms with van der Waals surface area (Å²) in [4.78, 5) is 10.5. The number of nitrogens with zero attached hydrogens (tertiary/aromatic N) is 2. The lowest BCUT2D eigenvalue weighted by Gasteiger charge is -2.30. The molecule has 1 aliphatic rings. The Balaban J connectivity index is 1.94. The second kappa shape index (κ2) is 10.1. The minimum Gasteiger partial charge on any atom is -0.382 e. The van der Waals surface area contributed by atoms with Crippen molar-refractivity contribution in [3.63, 3.8) is 0 Å². The van der Waals surface area contributed by atoms with E-state index in [1.165, 1.54) is 30.6 Å². The number of guanidine groups is 1. The lowest BCUT2D eigenvalue weighted by Crippen LogP contribution is -2.43. The Morgan fingerprint density at radius 1 is 1.24 bits per heavy atom. The largest absolute Gasteiger partial charge is 0.382 e. The quantitative estimate of drug-likeness (QED) is 0.396. The Labute approximate surface area is 156 Å². The topological polar surface area (TPSA) is 58.5 Å². The highest BCUT2D eigenvalue weighted by atomic mass is 32.1. The number of ether oxygens (including phenoxy) is 1. The molecule has 0 radical (unpaired) electrons. The van der Waals surface area contributed by atoms with E-state index in [1.54, 1.807) is 11.3 Å². The average molecular weight is 367 g/mol. The molecule has 1 aromatic heterocycles. The molecule has 5 nitrogen and oxygen atoms in total. The van der Waals surface area contributed by atoms with Crippen LogP contribution in [0, 0.1) is 19.3 Å². The summed E-state index contributed by atoms with van der Waals surface area (Å²) in [6, 6.07) is 0. The van der Waals surface area contributed by atoms with E-state index in [0.717, 1.165) is 49.4 Å². The Morgan fingerprint density at radius 2 is 2.00 bits per heavy atom. The van der Waals surface area contributed by atoms with E-state index in [9.17, 15) is 0 Å². The first kappa shape index (κ1) is 20.2. The summed E-state index contributed by atoms with van der Waals surface area (Å²) in [6.07, 6.45) is 6.39. The highest BCUT2D eigenvalue weighted by Gasteiger charge is 2.33. The van der Waals surface area contributed by atoms with E-state index in [-0.39, 0.29) is 0 Å². The highest BCUT2D eigenvalue weighted by molar-refractivity contribution is 7.11. The molecule has 0 aliphatic heterocycles. The maximum absolute atomic E-state index is 5.62. The van der Waals surface area contributed by atoms with Crippen LogP contribution in [0.15, 0.2) is 4.99 Å². The smallest absolute Gasteiger partial charge is 0.191 e. The fourth-order valence-electron chi connectivity index (χ4n) is 3.56. The molecule has 1 fully saturated rings. The van der Waals surface area contributed by atoms with Crippen molar-refractivity contribution < 1.29 is 4.74 Å². The molecule has 0 aromatic carbocycles. The normalized spacial score (nSPS) is 17.0. The summed E-state index contributed by atoms with van der Waals surface area (Å²) in [6.45, 7) is 12.5. The van der Waals surface area contributed by atoms with Gasteiger partial charge in [0, 0.05) is 31.2 Å². The van der Waals surface area contributed by atoms with Crippen LogP contribution in [0.4, 0.5) is 0 Å². The van der Waals surface area contributed by atoms with Crippen molar-refractivity contribution in [1.82, 2.24) is 15.6 Å². The van der Waals surface area contributed by atoms with Crippen LogP contribution in [-0.4, -0.2) is 37.2 Å². The van der Waals surface area contributed by atoms with Crippen molar-refractivity contribution in [1.29, 1.82) is 0 Å². The third-order valence-corrected chi connectivity index (χ3v) is 6.06. The summed E-state index contributed by atoms with van der Waals surface area (Å²) >= 11 is 1.74. The van der Waals surface area contributed by atoms with Crippen molar-refractivity contribution >= 4 is 17.3 Å². The molecule has 1 aliphatic carbocycles. The molecule has 6 heteroatoms. The summed E-state index contributed by atoms with van der Waals surface area (Å²) in [5, 5.41) is 8.09. The summed E-state index contributed by atoms with van der Waals surface area (Å²) < 4.78 is 5.62. The lowest BCUT2D eigenvalue weighted by molar-refractivity contribution is 0.105. The molecule has 0 saturated heterocycles. The van der Waals surface area contributed by atoms with Crippen molar-refractivity contribution in [3.8, 4) is 0 Å². The van der Waals surface area contributed by atoms with Crippen molar-refractivity contribution in [2.45, 2.75) is 66.3 Å². The number of aryl methyl sites for hydroxylation is 2. The Hall–Kier alpha value is -1.14. The molecule has 1 heterocycles. The first-order chi connectivity index (χ1) is 12.1. The minimum absolute atomic E-state index is 0.363. The number of thiazole rings is 1. The van der Waals surface area contributed by atoms with Crippen molar-refractivity contribution in [2.24, 2.45) is 10.4 Å². The van der Waals surface area contributed by atoms with E-state index in [4.69, 9.17) is 9.73 Å². The van der Waals surface area contributed by atoms with Gasteiger partial charge in [-0.1, -0.05) is 12.8 Å². The van der Waals surface area contributed by atoms with Crippen molar-refractivity contribution in [3.05, 3.63) is 15.6 Å². The summed E-state index contributed by atoms with van der Waals surface area (Å²) in [7, 11) is 0. The molecule has 0 unspecified atom stereocenters. The van der Waals surface area contributed by atoms with Gasteiger partial charge in [0.15, 0.2) is 5.96 Å². The number of rotatable bonds is 9. The Bertz CT molecular complexity index is 550. The number of nitrogens with one attached hydrogen (secondary N) is 2. The predicted octanol–water partition coefficient (Wildman–Crippen LogP) is 3.80.